The molecule has 9 rings (SSSR count). The summed E-state index contributed by atoms with van der Waals surface area (Å²) in [6, 6.07) is 37.9. The van der Waals surface area contributed by atoms with E-state index in [1.807, 2.05) is 6.92 Å². The highest BCUT2D eigenvalue weighted by Gasteiger charge is 2.39. The van der Waals surface area contributed by atoms with Crippen molar-refractivity contribution in [2.24, 2.45) is 0 Å². The predicted molar refractivity (Wildman–Crippen MR) is 205 cm³/mol. The second-order valence-corrected chi connectivity index (χ2v) is 16.8. The van der Waals surface area contributed by atoms with Crippen LogP contribution in [0.25, 0.3) is 51.1 Å². The summed E-state index contributed by atoms with van der Waals surface area (Å²) < 4.78 is 13.1. The van der Waals surface area contributed by atoms with E-state index in [-0.39, 0.29) is 5.92 Å². The minimum Gasteiger partial charge on any atom is -0.462 e. The topological polar surface area (TPSA) is 26.3 Å². The Hall–Kier alpha value is -4.99. The van der Waals surface area contributed by atoms with Crippen LogP contribution in [0.15, 0.2) is 106 Å². The Morgan fingerprint density at radius 3 is 1.82 bits per heavy atom. The van der Waals surface area contributed by atoms with Gasteiger partial charge in [-0.05, 0) is 154 Å². The van der Waals surface area contributed by atoms with E-state index in [1.165, 1.54) is 96.1 Å². The molecule has 49 heavy (non-hydrogen) atoms. The van der Waals surface area contributed by atoms with Crippen molar-refractivity contribution in [2.45, 2.75) is 59.0 Å². The summed E-state index contributed by atoms with van der Waals surface area (Å²) in [4.78, 5) is 1.63. The molecule has 0 bridgehead atoms. The minimum atomic E-state index is -0.637. The Morgan fingerprint density at radius 1 is 0.592 bits per heavy atom. The zero-order chi connectivity index (χ0) is 33.4. The van der Waals surface area contributed by atoms with Gasteiger partial charge in [0.2, 0.25) is 0 Å². The molecule has 3 heterocycles. The van der Waals surface area contributed by atoms with Gasteiger partial charge in [-0.1, -0.05) is 79.2 Å². The molecule has 0 radical (unpaired) electrons. The van der Waals surface area contributed by atoms with Crippen molar-refractivity contribution in [3.8, 4) is 22.3 Å². The Kier molecular flexibility index (Phi) is 7.10. The number of fused-ring (bicyclic) bond motifs is 2. The number of hydrogen-bond acceptors (Lipinski definition) is 2. The maximum atomic E-state index is 6.56. The highest BCUT2D eigenvalue weighted by Crippen LogP contribution is 2.56. The van der Waals surface area contributed by atoms with Gasteiger partial charge in [0, 0.05) is 25.5 Å². The van der Waals surface area contributed by atoms with Crippen molar-refractivity contribution < 1.29 is 8.83 Å². The van der Waals surface area contributed by atoms with Crippen LogP contribution < -0.4 is 5.22 Å². The highest BCUT2D eigenvalue weighted by atomic mass is 28.2. The third-order valence-corrected chi connectivity index (χ3v) is 14.4. The maximum Gasteiger partial charge on any atom is 0.134 e. The molecule has 1 atom stereocenters. The van der Waals surface area contributed by atoms with Gasteiger partial charge < -0.3 is 8.83 Å². The number of benzene rings is 4. The van der Waals surface area contributed by atoms with Crippen LogP contribution in [0.2, 0.25) is 12.1 Å². The van der Waals surface area contributed by atoms with E-state index < -0.39 is 8.41 Å². The summed E-state index contributed by atoms with van der Waals surface area (Å²) in [5.74, 6) is 3.68. The van der Waals surface area contributed by atoms with E-state index in [4.69, 9.17) is 8.83 Å². The molecule has 0 N–H and O–H groups in total. The molecule has 0 saturated carbocycles. The van der Waals surface area contributed by atoms with Gasteiger partial charge in [0.25, 0.3) is 0 Å². The summed E-state index contributed by atoms with van der Waals surface area (Å²) in [5, 5.41) is 1.42. The number of furan rings is 2. The van der Waals surface area contributed by atoms with Gasteiger partial charge in [-0.15, -0.1) is 0 Å². The number of rotatable bonds is 5. The van der Waals surface area contributed by atoms with Crippen molar-refractivity contribution in [1.29, 1.82) is 0 Å². The lowest BCUT2D eigenvalue weighted by molar-refractivity contribution is 0.519. The zero-order valence-electron chi connectivity index (χ0n) is 28.9. The van der Waals surface area contributed by atoms with Gasteiger partial charge in [0.15, 0.2) is 0 Å². The Balaban J connectivity index is 1.43. The molecule has 4 aromatic carbocycles. The molecular weight excluding hydrogens is 613 g/mol. The second kappa shape index (κ2) is 11.6. The third kappa shape index (κ3) is 4.70. The molecule has 1 aliphatic heterocycles. The van der Waals surface area contributed by atoms with Crippen LogP contribution in [0.4, 0.5) is 0 Å². The number of allylic oxidation sites excluding steroid dienone is 3. The average molecular weight is 653 g/mol. The van der Waals surface area contributed by atoms with Crippen molar-refractivity contribution in [2.75, 3.05) is 0 Å². The largest absolute Gasteiger partial charge is 0.462 e. The molecule has 1 fully saturated rings. The molecule has 1 saturated heterocycles. The number of aryl methyl sites for hydroxylation is 3. The van der Waals surface area contributed by atoms with Gasteiger partial charge in [-0.3, -0.25) is 0 Å². The molecule has 240 valence electrons. The van der Waals surface area contributed by atoms with E-state index in [1.54, 1.807) is 4.81 Å². The monoisotopic (exact) mass is 652 g/mol. The van der Waals surface area contributed by atoms with E-state index in [0.717, 1.165) is 23.0 Å². The van der Waals surface area contributed by atoms with Crippen LogP contribution in [0.1, 0.15) is 68.8 Å². The van der Waals surface area contributed by atoms with Crippen molar-refractivity contribution in [3.05, 3.63) is 164 Å². The SMILES string of the molecule is Cc1ccc(C2=Cc3c(ccc(C)c3-c3ccccc3)C2C2=C(c3ccc(C)o3)C=c3c2c(-c2ccccc2)c(C)c(C)c3=[Si]2CCC2)o1. The van der Waals surface area contributed by atoms with Gasteiger partial charge in [-0.2, -0.15) is 0 Å². The van der Waals surface area contributed by atoms with E-state index >= 15 is 0 Å². The fourth-order valence-corrected chi connectivity index (χ4v) is 11.1. The molecular formula is C46H40O2Si. The summed E-state index contributed by atoms with van der Waals surface area (Å²) >= 11 is 0. The molecule has 1 unspecified atom stereocenters. The van der Waals surface area contributed by atoms with Gasteiger partial charge in [0.05, 0.1) is 0 Å². The molecule has 0 spiro atoms. The highest BCUT2D eigenvalue weighted by molar-refractivity contribution is 6.54. The van der Waals surface area contributed by atoms with Gasteiger partial charge in [-0.25, -0.2) is 0 Å². The molecule has 2 nitrogen and oxygen atoms in total. The molecule has 3 heteroatoms. The van der Waals surface area contributed by atoms with E-state index in [9.17, 15) is 0 Å². The fourth-order valence-electron chi connectivity index (χ4n) is 8.57. The lowest BCUT2D eigenvalue weighted by atomic mass is 9.78. The van der Waals surface area contributed by atoms with Gasteiger partial charge >= 0.3 is 0 Å². The van der Waals surface area contributed by atoms with Gasteiger partial charge in [0.1, 0.15) is 23.0 Å². The first kappa shape index (κ1) is 30.1. The lowest BCUT2D eigenvalue weighted by Gasteiger charge is -2.26. The Bertz CT molecular complexity index is 2500. The molecule has 2 aliphatic carbocycles. The van der Waals surface area contributed by atoms with E-state index in [0.29, 0.717) is 0 Å². The Morgan fingerprint density at radius 2 is 1.22 bits per heavy atom. The third-order valence-electron chi connectivity index (χ3n) is 11.1. The molecule has 2 aromatic heterocycles. The normalized spacial score (nSPS) is 16.4. The first-order valence-corrected chi connectivity index (χ1v) is 19.5. The van der Waals surface area contributed by atoms with Crippen molar-refractivity contribution >= 4 is 37.3 Å². The second-order valence-electron chi connectivity index (χ2n) is 14.1. The van der Waals surface area contributed by atoms with Crippen LogP contribution in [0.5, 0.6) is 0 Å². The summed E-state index contributed by atoms with van der Waals surface area (Å²) in [6.07, 6.45) is 6.27. The number of hydrogen-bond donors (Lipinski definition) is 0. The minimum absolute atomic E-state index is 0.0439. The molecule has 0 amide bonds. The average Bonchev–Trinajstić information content (AvgIpc) is 3.88. The summed E-state index contributed by atoms with van der Waals surface area (Å²) in [6.45, 7) is 11.1. The summed E-state index contributed by atoms with van der Waals surface area (Å²) in [7, 11) is -0.637. The maximum absolute atomic E-state index is 6.56. The quantitative estimate of drug-likeness (QED) is 0.173. The zero-order valence-corrected chi connectivity index (χ0v) is 29.9. The fraction of sp³-hybridized carbons (Fsp3) is 0.196. The summed E-state index contributed by atoms with van der Waals surface area (Å²) in [5.41, 5.74) is 17.0. The van der Waals surface area contributed by atoms with Crippen LogP contribution in [-0.2, 0) is 0 Å². The smallest absolute Gasteiger partial charge is 0.134 e. The predicted octanol–water partition coefficient (Wildman–Crippen LogP) is 11.5. The molecule has 6 aromatic rings. The lowest BCUT2D eigenvalue weighted by Crippen LogP contribution is -2.23. The van der Waals surface area contributed by atoms with Crippen LogP contribution in [-0.4, -0.2) is 8.41 Å². The first-order chi connectivity index (χ1) is 23.9. The van der Waals surface area contributed by atoms with Crippen LogP contribution in [0.3, 0.4) is 0 Å². The standard InChI is InChI=1S/C46H40O2Si/c1-27-17-20-34-35(41(27)32-13-8-6-9-14-32)25-36(39-21-18-28(2)47-39)43(34)44-37(40-22-19-29(3)48-40)26-38-45(44)42(33-15-10-7-11-16-33)30(4)31(5)46(38)49-23-12-24-49/h6-11,13-22,25-26,43H,12,23-24H2,1-5H3. The van der Waals surface area contributed by atoms with Crippen molar-refractivity contribution in [3.63, 3.8) is 0 Å². The first-order valence-electron chi connectivity index (χ1n) is 17.6. The van der Waals surface area contributed by atoms with E-state index in [2.05, 4.69) is 137 Å². The van der Waals surface area contributed by atoms with Crippen molar-refractivity contribution in [1.82, 2.24) is 0 Å². The van der Waals surface area contributed by atoms with Crippen LogP contribution >= 0.6 is 0 Å². The molecule has 3 aliphatic rings. The Labute approximate surface area is 290 Å². The van der Waals surface area contributed by atoms with Crippen LogP contribution in [0, 0.1) is 39.4 Å².